The zero-order valence-corrected chi connectivity index (χ0v) is 14.0. The van der Waals surface area contributed by atoms with Crippen LogP contribution in [-0.4, -0.2) is 36.9 Å². The summed E-state index contributed by atoms with van der Waals surface area (Å²) in [5, 5.41) is 15.4. The first-order chi connectivity index (χ1) is 11.1. The number of benzene rings is 1. The number of methoxy groups -OCH3 is 1. The minimum absolute atomic E-state index is 0.104. The van der Waals surface area contributed by atoms with E-state index in [-0.39, 0.29) is 18.2 Å². The van der Waals surface area contributed by atoms with Crippen LogP contribution >= 0.6 is 0 Å². The van der Waals surface area contributed by atoms with Gasteiger partial charge in [0.25, 0.3) is 0 Å². The second-order valence-electron chi connectivity index (χ2n) is 6.52. The Bertz CT molecular complexity index is 482. The van der Waals surface area contributed by atoms with Crippen LogP contribution in [0, 0.1) is 5.92 Å². The van der Waals surface area contributed by atoms with E-state index in [9.17, 15) is 9.90 Å². The van der Waals surface area contributed by atoms with Crippen molar-refractivity contribution < 1.29 is 14.6 Å². The molecular weight excluding hydrogens is 292 g/mol. The third-order valence-electron chi connectivity index (χ3n) is 4.39. The molecule has 1 aliphatic rings. The van der Waals surface area contributed by atoms with Crippen molar-refractivity contribution in [2.75, 3.05) is 13.7 Å². The molecule has 128 valence electrons. The Kier molecular flexibility index (Phi) is 6.71. The maximum atomic E-state index is 11.9. The highest BCUT2D eigenvalue weighted by molar-refractivity contribution is 5.74. The largest absolute Gasteiger partial charge is 0.497 e. The first kappa shape index (κ1) is 17.6. The lowest BCUT2D eigenvalue weighted by molar-refractivity contribution is 0.117. The predicted molar refractivity (Wildman–Crippen MR) is 90.7 cm³/mol. The van der Waals surface area contributed by atoms with Gasteiger partial charge in [-0.15, -0.1) is 0 Å². The summed E-state index contributed by atoms with van der Waals surface area (Å²) < 4.78 is 5.15. The van der Waals surface area contributed by atoms with Crippen LogP contribution in [0.3, 0.4) is 0 Å². The first-order valence-corrected chi connectivity index (χ1v) is 8.42. The van der Waals surface area contributed by atoms with Crippen LogP contribution in [0.15, 0.2) is 24.3 Å². The maximum absolute atomic E-state index is 11.9. The highest BCUT2D eigenvalue weighted by atomic mass is 16.5. The monoisotopic (exact) mass is 320 g/mol. The number of ether oxygens (including phenoxy) is 1. The number of hydrogen-bond donors (Lipinski definition) is 3. The molecule has 0 heterocycles. The minimum atomic E-state index is -0.194. The molecule has 1 atom stereocenters. The molecule has 0 aromatic heterocycles. The Hall–Kier alpha value is -1.75. The molecule has 0 radical (unpaired) electrons. The van der Waals surface area contributed by atoms with Crippen LogP contribution in [0.2, 0.25) is 0 Å². The van der Waals surface area contributed by atoms with Gasteiger partial charge in [0.1, 0.15) is 5.75 Å². The highest BCUT2D eigenvalue weighted by Crippen LogP contribution is 2.18. The van der Waals surface area contributed by atoms with Gasteiger partial charge in [0, 0.05) is 12.6 Å². The van der Waals surface area contributed by atoms with Crippen LogP contribution in [0.5, 0.6) is 5.75 Å². The number of aliphatic hydroxyl groups excluding tert-OH is 1. The summed E-state index contributed by atoms with van der Waals surface area (Å²) in [5.74, 6) is 1.22. The predicted octanol–water partition coefficient (Wildman–Crippen LogP) is 2.48. The number of carbonyl (C=O) groups is 1. The Morgan fingerprint density at radius 1 is 1.26 bits per heavy atom. The fraction of sp³-hybridized carbons (Fsp3) is 0.611. The fourth-order valence-electron chi connectivity index (χ4n) is 2.96. The van der Waals surface area contributed by atoms with E-state index in [2.05, 4.69) is 29.7 Å². The quantitative estimate of drug-likeness (QED) is 0.754. The van der Waals surface area contributed by atoms with E-state index in [1.54, 1.807) is 7.11 Å². The van der Waals surface area contributed by atoms with Crippen molar-refractivity contribution in [3.8, 4) is 5.75 Å². The number of hydrogen-bond acceptors (Lipinski definition) is 3. The number of urea groups is 1. The molecule has 0 aliphatic heterocycles. The normalized spacial score (nSPS) is 22.2. The second kappa shape index (κ2) is 8.77. The van der Waals surface area contributed by atoms with Gasteiger partial charge in [-0.1, -0.05) is 19.1 Å². The molecule has 1 aliphatic carbocycles. The van der Waals surface area contributed by atoms with E-state index in [0.29, 0.717) is 12.5 Å². The molecule has 2 rings (SSSR count). The minimum Gasteiger partial charge on any atom is -0.497 e. The average molecular weight is 320 g/mol. The van der Waals surface area contributed by atoms with Crippen molar-refractivity contribution in [1.82, 2.24) is 10.6 Å². The molecule has 1 aromatic carbocycles. The molecule has 5 nitrogen and oxygen atoms in total. The van der Waals surface area contributed by atoms with Crippen LogP contribution in [-0.2, 0) is 6.42 Å². The average Bonchev–Trinajstić information content (AvgIpc) is 2.56. The number of rotatable bonds is 6. The van der Waals surface area contributed by atoms with Crippen molar-refractivity contribution in [2.45, 2.75) is 51.2 Å². The summed E-state index contributed by atoms with van der Waals surface area (Å²) in [5.41, 5.74) is 1.24. The van der Waals surface area contributed by atoms with Gasteiger partial charge in [0.15, 0.2) is 0 Å². The molecule has 1 fully saturated rings. The Labute approximate surface area is 138 Å². The number of nitrogens with one attached hydrogen (secondary N) is 2. The van der Waals surface area contributed by atoms with E-state index >= 15 is 0 Å². The van der Waals surface area contributed by atoms with E-state index < -0.39 is 0 Å². The maximum Gasteiger partial charge on any atom is 0.315 e. The van der Waals surface area contributed by atoms with Crippen molar-refractivity contribution >= 4 is 6.03 Å². The van der Waals surface area contributed by atoms with Gasteiger partial charge >= 0.3 is 6.03 Å². The van der Waals surface area contributed by atoms with Crippen molar-refractivity contribution in [2.24, 2.45) is 5.92 Å². The van der Waals surface area contributed by atoms with Crippen LogP contribution in [0.25, 0.3) is 0 Å². The van der Waals surface area contributed by atoms with Gasteiger partial charge in [-0.05, 0) is 55.7 Å². The molecule has 1 saturated carbocycles. The lowest BCUT2D eigenvalue weighted by Crippen LogP contribution is -2.45. The van der Waals surface area contributed by atoms with E-state index in [1.807, 2.05) is 12.1 Å². The SMILES string of the molecule is COc1ccc(CC(C)CNC(=O)NC2CCC(O)CC2)cc1. The standard InChI is InChI=1S/C18H28N2O3/c1-13(11-14-3-9-17(23-2)10-4-14)12-19-18(22)20-15-5-7-16(21)8-6-15/h3-4,9-10,13,15-16,21H,5-8,11-12H2,1-2H3,(H2,19,20,22). The molecule has 3 N–H and O–H groups in total. The van der Waals surface area contributed by atoms with Gasteiger partial charge in [-0.25, -0.2) is 4.79 Å². The Balaban J connectivity index is 1.66. The van der Waals surface area contributed by atoms with Crippen LogP contribution in [0.4, 0.5) is 4.79 Å². The van der Waals surface area contributed by atoms with Crippen molar-refractivity contribution in [1.29, 1.82) is 0 Å². The molecule has 5 heteroatoms. The number of amides is 2. The molecular formula is C18H28N2O3. The number of carbonyl (C=O) groups excluding carboxylic acids is 1. The van der Waals surface area contributed by atoms with Crippen molar-refractivity contribution in [3.63, 3.8) is 0 Å². The lowest BCUT2D eigenvalue weighted by Gasteiger charge is -2.26. The third kappa shape index (κ3) is 6.10. The van der Waals surface area contributed by atoms with E-state index in [0.717, 1.165) is 37.9 Å². The summed E-state index contributed by atoms with van der Waals surface area (Å²) >= 11 is 0. The van der Waals surface area contributed by atoms with Crippen LogP contribution < -0.4 is 15.4 Å². The number of aliphatic hydroxyl groups is 1. The highest BCUT2D eigenvalue weighted by Gasteiger charge is 2.20. The summed E-state index contributed by atoms with van der Waals surface area (Å²) in [7, 11) is 1.66. The Morgan fingerprint density at radius 3 is 2.52 bits per heavy atom. The van der Waals surface area contributed by atoms with Gasteiger partial charge in [-0.3, -0.25) is 0 Å². The van der Waals surface area contributed by atoms with E-state index in [1.165, 1.54) is 5.56 Å². The van der Waals surface area contributed by atoms with Gasteiger partial charge in [0.2, 0.25) is 0 Å². The molecule has 1 aromatic rings. The zero-order chi connectivity index (χ0) is 16.7. The zero-order valence-electron chi connectivity index (χ0n) is 14.0. The van der Waals surface area contributed by atoms with Gasteiger partial charge < -0.3 is 20.5 Å². The third-order valence-corrected chi connectivity index (χ3v) is 4.39. The van der Waals surface area contributed by atoms with Crippen molar-refractivity contribution in [3.05, 3.63) is 29.8 Å². The summed E-state index contributed by atoms with van der Waals surface area (Å²) in [6.45, 7) is 2.77. The second-order valence-corrected chi connectivity index (χ2v) is 6.52. The first-order valence-electron chi connectivity index (χ1n) is 8.42. The topological polar surface area (TPSA) is 70.6 Å². The molecule has 23 heavy (non-hydrogen) atoms. The van der Waals surface area contributed by atoms with Gasteiger partial charge in [-0.2, -0.15) is 0 Å². The smallest absolute Gasteiger partial charge is 0.315 e. The van der Waals surface area contributed by atoms with Crippen LogP contribution in [0.1, 0.15) is 38.2 Å². The van der Waals surface area contributed by atoms with E-state index in [4.69, 9.17) is 4.74 Å². The van der Waals surface area contributed by atoms with Gasteiger partial charge in [0.05, 0.1) is 13.2 Å². The summed E-state index contributed by atoms with van der Waals surface area (Å²) in [6.07, 6.45) is 3.99. The summed E-state index contributed by atoms with van der Waals surface area (Å²) in [4.78, 5) is 11.9. The lowest BCUT2D eigenvalue weighted by atomic mass is 9.93. The molecule has 0 saturated heterocycles. The molecule has 0 bridgehead atoms. The summed E-state index contributed by atoms with van der Waals surface area (Å²) in [6, 6.07) is 8.12. The molecule has 1 unspecified atom stereocenters. The molecule has 0 spiro atoms. The fourth-order valence-corrected chi connectivity index (χ4v) is 2.96. The Morgan fingerprint density at radius 2 is 1.91 bits per heavy atom. The molecule has 2 amide bonds.